The van der Waals surface area contributed by atoms with Gasteiger partial charge in [0.2, 0.25) is 0 Å². The lowest BCUT2D eigenvalue weighted by atomic mass is 9.95. The van der Waals surface area contributed by atoms with Crippen molar-refractivity contribution >= 4 is 60.4 Å². The number of nitrogens with zero attached hydrogens (tertiary/aromatic N) is 6. The zero-order valence-electron chi connectivity index (χ0n) is 48.1. The molecule has 4 fully saturated rings. The Balaban J connectivity index is 1.02. The summed E-state index contributed by atoms with van der Waals surface area (Å²) in [4.78, 5) is 35.3. The number of ether oxygens (including phenoxy) is 2. The summed E-state index contributed by atoms with van der Waals surface area (Å²) < 4.78 is 54.8. The van der Waals surface area contributed by atoms with Crippen LogP contribution in [-0.2, 0) is 9.16 Å². The van der Waals surface area contributed by atoms with E-state index in [1.807, 2.05) is 37.8 Å². The molecule has 412 valence electrons. The van der Waals surface area contributed by atoms with Crippen LogP contribution in [0.3, 0.4) is 0 Å². The van der Waals surface area contributed by atoms with E-state index in [9.17, 15) is 4.79 Å². The summed E-state index contributed by atoms with van der Waals surface area (Å²) in [5.74, 6) is 2.80. The molecule has 1 amide bonds. The number of aromatic nitrogens is 3. The standard InChI is InChI=1S/C64H80F2N6O4Si2/c1-42(2)77(43(3)4,44(5)6)36-32-51-54(65)30-27-45-21-19-26-52(55(45)51)57-56(66)58-53(37-67-57)59(70-38-46-28-29-47(39-70)72(46)61(73)76-62(7,8)9)69-60(68-58)74-41-64-33-20-35-71(64)48(31-34-64)40-75-78(63(10,11)12,49-22-15-13-16-23-49)50-24-17-14-18-25-50/h13-19,21-27,30,37,42-44,46-48H,20,28-29,31,33-35,38-41H2,1-12H3/t46?,47?,48-,64-/m1/s1. The summed E-state index contributed by atoms with van der Waals surface area (Å²) in [6.07, 6.45) is 6.77. The fourth-order valence-corrected chi connectivity index (χ4v) is 24.3. The number of anilines is 1. The molecule has 4 aromatic carbocycles. The van der Waals surface area contributed by atoms with Gasteiger partial charge in [0.15, 0.2) is 5.82 Å². The second-order valence-corrected chi connectivity index (χ2v) is 35.5. The Labute approximate surface area is 463 Å². The van der Waals surface area contributed by atoms with Crippen molar-refractivity contribution in [2.45, 2.75) is 173 Å². The van der Waals surface area contributed by atoms with Crippen LogP contribution >= 0.6 is 0 Å². The van der Waals surface area contributed by atoms with Gasteiger partial charge in [-0.2, -0.15) is 9.97 Å². The number of carbonyl (C=O) groups excluding carboxylic acids is 1. The zero-order chi connectivity index (χ0) is 55.5. The van der Waals surface area contributed by atoms with Crippen molar-refractivity contribution in [3.8, 4) is 28.7 Å². The van der Waals surface area contributed by atoms with E-state index in [0.717, 1.165) is 50.5 Å². The van der Waals surface area contributed by atoms with Gasteiger partial charge in [-0.05, 0) is 109 Å². The smallest absolute Gasteiger partial charge is 0.410 e. The second-order valence-electron chi connectivity index (χ2n) is 25.6. The highest BCUT2D eigenvalue weighted by atomic mass is 28.4. The highest BCUT2D eigenvalue weighted by Gasteiger charge is 2.54. The molecule has 0 N–H and O–H groups in total. The van der Waals surface area contributed by atoms with Gasteiger partial charge < -0.3 is 18.8 Å². The maximum absolute atomic E-state index is 18.1. The second kappa shape index (κ2) is 21.4. The Morgan fingerprint density at radius 2 is 1.44 bits per heavy atom. The van der Waals surface area contributed by atoms with E-state index in [1.54, 1.807) is 18.3 Å². The number of amides is 1. The molecule has 2 aromatic heterocycles. The van der Waals surface area contributed by atoms with E-state index in [1.165, 1.54) is 16.4 Å². The summed E-state index contributed by atoms with van der Waals surface area (Å²) in [7, 11) is -5.07. The molecule has 4 aliphatic rings. The molecule has 78 heavy (non-hydrogen) atoms. The number of halogens is 2. The molecule has 10 rings (SSSR count). The first-order chi connectivity index (χ1) is 37.1. The van der Waals surface area contributed by atoms with Gasteiger partial charge in [0.25, 0.3) is 8.32 Å². The molecule has 0 spiro atoms. The number of rotatable bonds is 13. The molecular weight excluding hydrogens is 1010 g/mol. The van der Waals surface area contributed by atoms with Crippen molar-refractivity contribution in [1.82, 2.24) is 24.8 Å². The molecule has 6 aromatic rings. The maximum Gasteiger partial charge on any atom is 0.410 e. The highest BCUT2D eigenvalue weighted by molar-refractivity contribution is 6.99. The average Bonchev–Trinajstić information content (AvgIpc) is 4.10. The van der Waals surface area contributed by atoms with Crippen LogP contribution in [-0.4, -0.2) is 109 Å². The predicted octanol–water partition coefficient (Wildman–Crippen LogP) is 13.2. The lowest BCUT2D eigenvalue weighted by Gasteiger charge is -2.44. The Morgan fingerprint density at radius 3 is 2.04 bits per heavy atom. The largest absolute Gasteiger partial charge is 0.461 e. The molecule has 2 bridgehead atoms. The van der Waals surface area contributed by atoms with Crippen molar-refractivity contribution in [2.24, 2.45) is 0 Å². The van der Waals surface area contributed by atoms with E-state index < -0.39 is 33.6 Å². The van der Waals surface area contributed by atoms with Gasteiger partial charge in [0.1, 0.15) is 43.1 Å². The van der Waals surface area contributed by atoms with Crippen LogP contribution in [0.15, 0.2) is 97.2 Å². The lowest BCUT2D eigenvalue weighted by Crippen LogP contribution is -2.67. The van der Waals surface area contributed by atoms with Crippen molar-refractivity contribution in [3.05, 3.63) is 114 Å². The first kappa shape index (κ1) is 55.6. The van der Waals surface area contributed by atoms with E-state index in [0.29, 0.717) is 65.1 Å². The quantitative estimate of drug-likeness (QED) is 0.0828. The minimum absolute atomic E-state index is 0.0485. The first-order valence-electron chi connectivity index (χ1n) is 28.6. The fourth-order valence-electron chi connectivity index (χ4n) is 14.5. The van der Waals surface area contributed by atoms with Gasteiger partial charge in [-0.15, -0.1) is 5.54 Å². The molecule has 0 radical (unpaired) electrons. The number of benzene rings is 4. The first-order valence-corrected chi connectivity index (χ1v) is 32.7. The van der Waals surface area contributed by atoms with Crippen LogP contribution in [0.5, 0.6) is 6.01 Å². The molecular formula is C64H80F2N6O4Si2. The van der Waals surface area contributed by atoms with Crippen LogP contribution in [0.1, 0.15) is 127 Å². The predicted molar refractivity (Wildman–Crippen MR) is 316 cm³/mol. The fraction of sp³-hybridized carbons (Fsp3) is 0.500. The van der Waals surface area contributed by atoms with Crippen molar-refractivity contribution in [3.63, 3.8) is 0 Å². The average molecular weight is 1090 g/mol. The monoisotopic (exact) mass is 1090 g/mol. The van der Waals surface area contributed by atoms with Gasteiger partial charge in [-0.25, -0.2) is 13.6 Å². The minimum Gasteiger partial charge on any atom is -0.461 e. The molecule has 4 saturated heterocycles. The van der Waals surface area contributed by atoms with Gasteiger partial charge in [0, 0.05) is 36.3 Å². The molecule has 4 aliphatic heterocycles. The van der Waals surface area contributed by atoms with Crippen molar-refractivity contribution < 1.29 is 27.5 Å². The summed E-state index contributed by atoms with van der Waals surface area (Å²) in [5, 5.41) is 4.06. The molecule has 6 heterocycles. The van der Waals surface area contributed by atoms with Crippen molar-refractivity contribution in [2.75, 3.05) is 37.7 Å². The Morgan fingerprint density at radius 1 is 0.795 bits per heavy atom. The van der Waals surface area contributed by atoms with Crippen LogP contribution in [0.25, 0.3) is 32.9 Å². The van der Waals surface area contributed by atoms with Gasteiger partial charge in [0.05, 0.1) is 35.2 Å². The molecule has 2 unspecified atom stereocenters. The zero-order valence-corrected chi connectivity index (χ0v) is 50.1. The number of piperazine rings is 1. The van der Waals surface area contributed by atoms with Gasteiger partial charge in [-0.1, -0.05) is 153 Å². The third-order valence-electron chi connectivity index (χ3n) is 18.0. The number of hydrogen-bond donors (Lipinski definition) is 0. The molecule has 0 saturated carbocycles. The SMILES string of the molecule is CC(C)[Si](C#Cc1c(F)ccc2cccc(-c3ncc4c(N5CC6CCC(C5)N6C(=O)OC(C)(C)C)nc(OC[C@]56CCCN5[C@@H](CO[Si](c5ccccc5)(c5ccccc5)C(C)(C)C)CC6)nc4c3F)c12)(C(C)C)C(C)C. The Bertz CT molecular complexity index is 3170. The lowest BCUT2D eigenvalue weighted by molar-refractivity contribution is 0.0122. The number of pyridine rings is 1. The van der Waals surface area contributed by atoms with E-state index >= 15 is 8.78 Å². The van der Waals surface area contributed by atoms with Crippen LogP contribution in [0.2, 0.25) is 21.7 Å². The number of hydrogen-bond acceptors (Lipinski definition) is 9. The molecule has 0 aliphatic carbocycles. The normalized spacial score (nSPS) is 21.0. The Kier molecular flexibility index (Phi) is 15.2. The summed E-state index contributed by atoms with van der Waals surface area (Å²) in [6.45, 7) is 28.8. The number of carbonyl (C=O) groups is 1. The summed E-state index contributed by atoms with van der Waals surface area (Å²) in [5.41, 5.74) is 4.61. The summed E-state index contributed by atoms with van der Waals surface area (Å²) >= 11 is 0. The maximum atomic E-state index is 18.1. The Hall–Kier alpha value is -5.73. The van der Waals surface area contributed by atoms with E-state index in [-0.39, 0.29) is 57.6 Å². The number of fused-ring (bicyclic) bond motifs is 5. The topological polar surface area (TPSA) is 93.2 Å². The van der Waals surface area contributed by atoms with Gasteiger partial charge in [-0.3, -0.25) is 14.8 Å². The van der Waals surface area contributed by atoms with Crippen LogP contribution in [0, 0.1) is 23.1 Å². The minimum atomic E-state index is -2.79. The highest BCUT2D eigenvalue weighted by Crippen LogP contribution is 2.46. The van der Waals surface area contributed by atoms with Crippen molar-refractivity contribution in [1.29, 1.82) is 0 Å². The van der Waals surface area contributed by atoms with Gasteiger partial charge >= 0.3 is 12.1 Å². The third-order valence-corrected chi connectivity index (χ3v) is 29.3. The van der Waals surface area contributed by atoms with Crippen LogP contribution in [0.4, 0.5) is 19.4 Å². The summed E-state index contributed by atoms with van der Waals surface area (Å²) in [6, 6.07) is 30.4. The van der Waals surface area contributed by atoms with Crippen LogP contribution < -0.4 is 20.0 Å². The molecule has 10 nitrogen and oxygen atoms in total. The van der Waals surface area contributed by atoms with E-state index in [4.69, 9.17) is 28.9 Å². The van der Waals surface area contributed by atoms with E-state index in [2.05, 4.69) is 144 Å². The molecule has 4 atom stereocenters. The molecule has 14 heteroatoms. The third kappa shape index (κ3) is 9.93.